The minimum Gasteiger partial charge on any atom is -0.456 e. The lowest BCUT2D eigenvalue weighted by Gasteiger charge is -2.30. The molecule has 2 nitrogen and oxygen atoms in total. The van der Waals surface area contributed by atoms with Crippen LogP contribution in [-0.4, -0.2) is 0 Å². The fraction of sp³-hybridized carbons (Fsp3) is 0.0571. The Kier molecular flexibility index (Phi) is 8.66. The summed E-state index contributed by atoms with van der Waals surface area (Å²) in [5.41, 5.74) is 27.2. The number of para-hydroxylation sites is 1. The van der Waals surface area contributed by atoms with Gasteiger partial charge in [-0.05, 0) is 155 Å². The van der Waals surface area contributed by atoms with Gasteiger partial charge in [0.15, 0.2) is 0 Å². The van der Waals surface area contributed by atoms with E-state index in [9.17, 15) is 0 Å². The highest BCUT2D eigenvalue weighted by Gasteiger charge is 2.52. The molecule has 0 saturated carbocycles. The van der Waals surface area contributed by atoms with Crippen LogP contribution in [0.4, 0.5) is 17.1 Å². The van der Waals surface area contributed by atoms with E-state index in [1.54, 1.807) is 0 Å². The molecule has 0 atom stereocenters. The third-order valence-corrected chi connectivity index (χ3v) is 16.3. The van der Waals surface area contributed by atoms with Crippen molar-refractivity contribution in [1.29, 1.82) is 0 Å². The Morgan fingerprint density at radius 1 is 0.306 bits per heavy atom. The lowest BCUT2D eigenvalue weighted by atomic mass is 9.70. The van der Waals surface area contributed by atoms with Gasteiger partial charge in [0.2, 0.25) is 0 Å². The number of fused-ring (bicyclic) bond motifs is 16. The monoisotopic (exact) mass is 917 g/mol. The molecule has 12 aromatic rings. The summed E-state index contributed by atoms with van der Waals surface area (Å²) < 4.78 is 6.58. The molecule has 72 heavy (non-hydrogen) atoms. The zero-order valence-corrected chi connectivity index (χ0v) is 40.0. The summed E-state index contributed by atoms with van der Waals surface area (Å²) in [7, 11) is 0. The smallest absolute Gasteiger partial charge is 0.136 e. The molecule has 0 bridgehead atoms. The highest BCUT2D eigenvalue weighted by molar-refractivity contribution is 6.13. The van der Waals surface area contributed by atoms with Crippen LogP contribution in [0.25, 0.3) is 88.7 Å². The first kappa shape index (κ1) is 40.9. The molecule has 3 aliphatic carbocycles. The molecule has 0 amide bonds. The second kappa shape index (κ2) is 15.3. The molecule has 1 spiro atoms. The van der Waals surface area contributed by atoms with Crippen molar-refractivity contribution < 1.29 is 4.42 Å². The molecule has 0 saturated heterocycles. The minimum absolute atomic E-state index is 0.179. The van der Waals surface area contributed by atoms with E-state index in [1.807, 2.05) is 0 Å². The average Bonchev–Trinajstić information content (AvgIpc) is 4.13. The SMILES string of the molecule is CC1(C)c2ccccc2-c2ccc(N(c3ccc(-c4ccccc4)cc3)c3cc(-c4cccc5c4-c4ccccc4C54c5ccccc5-c5ccccc54)cc(-c4cccc5oc6ccccc6c45)c3)cc21. The van der Waals surface area contributed by atoms with E-state index in [0.29, 0.717) is 0 Å². The van der Waals surface area contributed by atoms with Crippen LogP contribution in [0.2, 0.25) is 0 Å². The van der Waals surface area contributed by atoms with Gasteiger partial charge in [0, 0.05) is 33.2 Å². The van der Waals surface area contributed by atoms with Gasteiger partial charge in [-0.1, -0.05) is 208 Å². The number of nitrogens with zero attached hydrogens (tertiary/aromatic N) is 1. The van der Waals surface area contributed by atoms with E-state index < -0.39 is 5.41 Å². The van der Waals surface area contributed by atoms with Crippen molar-refractivity contribution >= 4 is 39.0 Å². The van der Waals surface area contributed by atoms with E-state index in [4.69, 9.17) is 4.42 Å². The van der Waals surface area contributed by atoms with Crippen LogP contribution >= 0.6 is 0 Å². The molecular formula is C70H47NO. The van der Waals surface area contributed by atoms with E-state index in [-0.39, 0.29) is 5.41 Å². The Bertz CT molecular complexity index is 4150. The molecule has 0 fully saturated rings. The van der Waals surface area contributed by atoms with E-state index in [2.05, 4.69) is 267 Å². The number of furan rings is 1. The molecule has 2 heteroatoms. The van der Waals surface area contributed by atoms with Gasteiger partial charge in [-0.3, -0.25) is 0 Å². The van der Waals surface area contributed by atoms with E-state index >= 15 is 0 Å². The Morgan fingerprint density at radius 2 is 0.806 bits per heavy atom. The molecule has 0 radical (unpaired) electrons. The molecule has 338 valence electrons. The molecule has 1 heterocycles. The maximum atomic E-state index is 6.58. The van der Waals surface area contributed by atoms with Crippen molar-refractivity contribution in [3.05, 3.63) is 282 Å². The predicted octanol–water partition coefficient (Wildman–Crippen LogP) is 18.7. The van der Waals surface area contributed by atoms with Gasteiger partial charge < -0.3 is 9.32 Å². The second-order valence-corrected chi connectivity index (χ2v) is 20.3. The van der Waals surface area contributed by atoms with Crippen molar-refractivity contribution in [3.63, 3.8) is 0 Å². The Labute approximate surface area is 419 Å². The summed E-state index contributed by atoms with van der Waals surface area (Å²) >= 11 is 0. The fourth-order valence-electron chi connectivity index (χ4n) is 13.2. The number of hydrogen-bond donors (Lipinski definition) is 0. The van der Waals surface area contributed by atoms with Crippen LogP contribution in [0.1, 0.15) is 47.2 Å². The lowest BCUT2D eigenvalue weighted by Crippen LogP contribution is -2.25. The van der Waals surface area contributed by atoms with Gasteiger partial charge in [-0.25, -0.2) is 0 Å². The third kappa shape index (κ3) is 5.66. The Morgan fingerprint density at radius 3 is 1.54 bits per heavy atom. The van der Waals surface area contributed by atoms with Crippen LogP contribution in [-0.2, 0) is 10.8 Å². The molecular weight excluding hydrogens is 871 g/mol. The first-order valence-electron chi connectivity index (χ1n) is 25.2. The fourth-order valence-corrected chi connectivity index (χ4v) is 13.2. The van der Waals surface area contributed by atoms with Gasteiger partial charge in [0.05, 0.1) is 5.41 Å². The summed E-state index contributed by atoms with van der Waals surface area (Å²) in [5.74, 6) is 0. The van der Waals surface area contributed by atoms with Crippen LogP contribution in [0.15, 0.2) is 253 Å². The number of hydrogen-bond acceptors (Lipinski definition) is 2. The average molecular weight is 918 g/mol. The highest BCUT2D eigenvalue weighted by Crippen LogP contribution is 2.64. The van der Waals surface area contributed by atoms with Gasteiger partial charge in [0.1, 0.15) is 11.2 Å². The highest BCUT2D eigenvalue weighted by atomic mass is 16.3. The summed E-state index contributed by atoms with van der Waals surface area (Å²) in [5, 5.41) is 2.23. The molecule has 0 unspecified atom stereocenters. The van der Waals surface area contributed by atoms with Gasteiger partial charge in [-0.15, -0.1) is 0 Å². The molecule has 0 aliphatic heterocycles. The molecule has 0 N–H and O–H groups in total. The maximum Gasteiger partial charge on any atom is 0.136 e. The van der Waals surface area contributed by atoms with Crippen LogP contribution < -0.4 is 4.90 Å². The van der Waals surface area contributed by atoms with E-state index in [0.717, 1.165) is 55.7 Å². The lowest BCUT2D eigenvalue weighted by molar-refractivity contribution is 0.660. The predicted molar refractivity (Wildman–Crippen MR) is 299 cm³/mol. The quantitative estimate of drug-likeness (QED) is 0.165. The zero-order valence-electron chi connectivity index (χ0n) is 40.0. The largest absolute Gasteiger partial charge is 0.456 e. The van der Waals surface area contributed by atoms with E-state index in [1.165, 1.54) is 83.5 Å². The summed E-state index contributed by atoms with van der Waals surface area (Å²) in [6.07, 6.45) is 0. The number of rotatable bonds is 6. The number of benzene rings is 11. The molecule has 1 aromatic heterocycles. The topological polar surface area (TPSA) is 16.4 Å². The van der Waals surface area contributed by atoms with Crippen LogP contribution in [0, 0.1) is 0 Å². The van der Waals surface area contributed by atoms with Gasteiger partial charge in [0.25, 0.3) is 0 Å². The molecule has 11 aromatic carbocycles. The van der Waals surface area contributed by atoms with Crippen LogP contribution in [0.3, 0.4) is 0 Å². The van der Waals surface area contributed by atoms with Crippen molar-refractivity contribution in [3.8, 4) is 66.8 Å². The van der Waals surface area contributed by atoms with Gasteiger partial charge in [-0.2, -0.15) is 0 Å². The normalized spacial score (nSPS) is 13.9. The first-order valence-corrected chi connectivity index (χ1v) is 25.2. The van der Waals surface area contributed by atoms with Crippen molar-refractivity contribution in [2.45, 2.75) is 24.7 Å². The van der Waals surface area contributed by atoms with Crippen molar-refractivity contribution in [1.82, 2.24) is 0 Å². The minimum atomic E-state index is -0.460. The van der Waals surface area contributed by atoms with Crippen molar-refractivity contribution in [2.75, 3.05) is 4.90 Å². The van der Waals surface area contributed by atoms with Crippen LogP contribution in [0.5, 0.6) is 0 Å². The molecule has 3 aliphatic rings. The summed E-state index contributed by atoms with van der Waals surface area (Å²) in [6, 6.07) is 92.4. The van der Waals surface area contributed by atoms with Crippen molar-refractivity contribution in [2.24, 2.45) is 0 Å². The Hall–Kier alpha value is -8.98. The third-order valence-electron chi connectivity index (χ3n) is 16.3. The summed E-state index contributed by atoms with van der Waals surface area (Å²) in [4.78, 5) is 2.48. The number of anilines is 3. The second-order valence-electron chi connectivity index (χ2n) is 20.3. The molecule has 15 rings (SSSR count). The standard InChI is InChI=1S/C70H47NO/c1-69(2)59-27-11-6-20-53(59)56-39-38-49(43-64(56)69)71(48-36-34-45(35-37-48)44-18-4-3-5-19-44)50-41-46(40-47(42-50)52-26-17-33-66-68(52)58-24-10-15-32-65(58)72-66)51-25-16-31-63-67(51)57-23-9-14-30-62(57)70(63)60-28-12-7-21-54(60)55-22-8-13-29-61(55)70/h3-43H,1-2H3. The Balaban J connectivity index is 1.02. The van der Waals surface area contributed by atoms with Gasteiger partial charge >= 0.3 is 0 Å². The maximum absolute atomic E-state index is 6.58. The summed E-state index contributed by atoms with van der Waals surface area (Å²) in [6.45, 7) is 4.74. The first-order chi connectivity index (χ1) is 35.5. The zero-order chi connectivity index (χ0) is 47.7.